The van der Waals surface area contributed by atoms with Gasteiger partial charge in [-0.2, -0.15) is 5.10 Å². The van der Waals surface area contributed by atoms with Crippen molar-refractivity contribution in [3.63, 3.8) is 0 Å². The summed E-state index contributed by atoms with van der Waals surface area (Å²) in [5.41, 5.74) is 4.22. The summed E-state index contributed by atoms with van der Waals surface area (Å²) in [6.45, 7) is 8.36. The third kappa shape index (κ3) is 9.29. The quantitative estimate of drug-likeness (QED) is 0.281. The molecule has 0 fully saturated rings. The van der Waals surface area contributed by atoms with Crippen LogP contribution >= 0.6 is 0 Å². The normalized spacial score (nSPS) is 12.2. The van der Waals surface area contributed by atoms with Crippen LogP contribution in [0.4, 0.5) is 5.82 Å². The topological polar surface area (TPSA) is 121 Å². The van der Waals surface area contributed by atoms with E-state index in [1.54, 1.807) is 12.1 Å². The number of nitrogens with zero attached hydrogens (tertiary/aromatic N) is 3. The van der Waals surface area contributed by atoms with Gasteiger partial charge in [0.15, 0.2) is 5.82 Å². The zero-order valence-corrected chi connectivity index (χ0v) is 18.6. The number of nitrogens with one attached hydrogen (secondary N) is 2. The highest BCUT2D eigenvalue weighted by Gasteiger charge is 2.17. The lowest BCUT2D eigenvalue weighted by molar-refractivity contribution is 0.0902. The molecule has 1 aromatic heterocycles. The van der Waals surface area contributed by atoms with Gasteiger partial charge < -0.3 is 25.0 Å². The van der Waals surface area contributed by atoms with E-state index in [-0.39, 0.29) is 13.2 Å². The van der Waals surface area contributed by atoms with Crippen LogP contribution in [-0.4, -0.2) is 64.1 Å². The fraction of sp³-hybridized carbons (Fsp3) is 0.500. The lowest BCUT2D eigenvalue weighted by Crippen LogP contribution is -2.47. The van der Waals surface area contributed by atoms with E-state index in [4.69, 9.17) is 9.47 Å². The number of benzene rings is 1. The molecule has 1 aromatic carbocycles. The van der Waals surface area contributed by atoms with E-state index in [1.807, 2.05) is 52.0 Å². The van der Waals surface area contributed by atoms with Gasteiger partial charge in [0, 0.05) is 30.3 Å². The van der Waals surface area contributed by atoms with E-state index in [0.717, 1.165) is 11.3 Å². The van der Waals surface area contributed by atoms with Crippen LogP contribution in [0.5, 0.6) is 11.6 Å². The minimum atomic E-state index is -0.696. The standard InChI is InChI=1S/C22H33N5O4/c1-16(2)24-25-20-9-10-21(27-26-20)30-12-11-17-7-5-6-8-19(17)31-14-18(29)13-23-22(3,4)15-28/h5-10,18,23,28-29H,11-15H2,1-4H3,(H,25,26). The zero-order chi connectivity index (χ0) is 22.7. The van der Waals surface area contributed by atoms with Crippen molar-refractivity contribution in [1.29, 1.82) is 0 Å². The number of aromatic nitrogens is 2. The summed E-state index contributed by atoms with van der Waals surface area (Å²) in [5.74, 6) is 1.67. The van der Waals surface area contributed by atoms with Gasteiger partial charge in [0.25, 0.3) is 0 Å². The van der Waals surface area contributed by atoms with Crippen molar-refractivity contribution in [2.45, 2.75) is 45.8 Å². The van der Waals surface area contributed by atoms with E-state index in [2.05, 4.69) is 26.0 Å². The van der Waals surface area contributed by atoms with Gasteiger partial charge in [-0.15, -0.1) is 10.2 Å². The van der Waals surface area contributed by atoms with Crippen molar-refractivity contribution in [2.24, 2.45) is 5.10 Å². The smallest absolute Gasteiger partial charge is 0.233 e. The van der Waals surface area contributed by atoms with Gasteiger partial charge >= 0.3 is 0 Å². The van der Waals surface area contributed by atoms with Crippen LogP contribution in [0.1, 0.15) is 33.3 Å². The average Bonchev–Trinajstić information content (AvgIpc) is 2.76. The number of aliphatic hydroxyl groups excluding tert-OH is 2. The molecule has 0 saturated carbocycles. The van der Waals surface area contributed by atoms with Gasteiger partial charge in [-0.25, -0.2) is 0 Å². The highest BCUT2D eigenvalue weighted by Crippen LogP contribution is 2.19. The van der Waals surface area contributed by atoms with E-state index in [1.165, 1.54) is 0 Å². The van der Waals surface area contributed by atoms with Crippen LogP contribution in [0.15, 0.2) is 41.5 Å². The number of β-amino-alcohol motifs (C(OH)–C–C–N with tert-alkyl or cyclic N) is 1. The summed E-state index contributed by atoms with van der Waals surface area (Å²) in [6.07, 6.45) is -0.0818. The first-order valence-electron chi connectivity index (χ1n) is 10.3. The van der Waals surface area contributed by atoms with Gasteiger partial charge in [0.2, 0.25) is 5.88 Å². The summed E-state index contributed by atoms with van der Waals surface area (Å²) in [5, 5.41) is 34.6. The Morgan fingerprint density at radius 3 is 2.58 bits per heavy atom. The second-order valence-corrected chi connectivity index (χ2v) is 8.02. The maximum Gasteiger partial charge on any atom is 0.233 e. The number of rotatable bonds is 13. The Morgan fingerprint density at radius 1 is 1.13 bits per heavy atom. The maximum atomic E-state index is 10.2. The minimum absolute atomic E-state index is 0.0145. The van der Waals surface area contributed by atoms with Crippen molar-refractivity contribution in [1.82, 2.24) is 15.5 Å². The monoisotopic (exact) mass is 431 g/mol. The molecule has 0 bridgehead atoms. The molecule has 2 aromatic rings. The number of anilines is 1. The second-order valence-electron chi connectivity index (χ2n) is 8.02. The van der Waals surface area contributed by atoms with Crippen LogP contribution in [0, 0.1) is 0 Å². The first-order valence-corrected chi connectivity index (χ1v) is 10.3. The van der Waals surface area contributed by atoms with Crippen molar-refractivity contribution in [3.05, 3.63) is 42.0 Å². The molecule has 4 N–H and O–H groups in total. The lowest BCUT2D eigenvalue weighted by atomic mass is 10.1. The fourth-order valence-corrected chi connectivity index (χ4v) is 2.44. The van der Waals surface area contributed by atoms with Crippen LogP contribution in [0.25, 0.3) is 0 Å². The Balaban J connectivity index is 1.81. The largest absolute Gasteiger partial charge is 0.491 e. The van der Waals surface area contributed by atoms with E-state index in [0.29, 0.717) is 37.0 Å². The van der Waals surface area contributed by atoms with E-state index in [9.17, 15) is 10.2 Å². The molecule has 0 aliphatic heterocycles. The van der Waals surface area contributed by atoms with Gasteiger partial charge in [-0.3, -0.25) is 5.43 Å². The molecule has 0 aliphatic rings. The third-order valence-electron chi connectivity index (χ3n) is 4.27. The maximum absolute atomic E-state index is 10.2. The summed E-state index contributed by atoms with van der Waals surface area (Å²) >= 11 is 0. The number of hydrogen-bond donors (Lipinski definition) is 4. The van der Waals surface area contributed by atoms with Gasteiger partial charge in [0.05, 0.1) is 13.2 Å². The Hall–Kier alpha value is -2.75. The Morgan fingerprint density at radius 2 is 1.90 bits per heavy atom. The van der Waals surface area contributed by atoms with E-state index < -0.39 is 11.6 Å². The zero-order valence-electron chi connectivity index (χ0n) is 18.6. The van der Waals surface area contributed by atoms with Gasteiger partial charge in [0.1, 0.15) is 18.5 Å². The molecule has 1 unspecified atom stereocenters. The van der Waals surface area contributed by atoms with E-state index >= 15 is 0 Å². The Bertz CT molecular complexity index is 823. The summed E-state index contributed by atoms with van der Waals surface area (Å²) < 4.78 is 11.5. The Labute approximate surface area is 183 Å². The molecule has 0 aliphatic carbocycles. The van der Waals surface area contributed by atoms with Gasteiger partial charge in [-0.05, 0) is 45.4 Å². The molecule has 170 valence electrons. The highest BCUT2D eigenvalue weighted by molar-refractivity contribution is 5.79. The molecule has 31 heavy (non-hydrogen) atoms. The van der Waals surface area contributed by atoms with Gasteiger partial charge in [-0.1, -0.05) is 18.2 Å². The molecule has 0 radical (unpaired) electrons. The van der Waals surface area contributed by atoms with Crippen molar-refractivity contribution in [3.8, 4) is 11.6 Å². The van der Waals surface area contributed by atoms with Crippen LogP contribution < -0.4 is 20.2 Å². The fourth-order valence-electron chi connectivity index (χ4n) is 2.44. The van der Waals surface area contributed by atoms with Crippen molar-refractivity contribution in [2.75, 3.05) is 31.8 Å². The highest BCUT2D eigenvalue weighted by atomic mass is 16.5. The first-order chi connectivity index (χ1) is 14.8. The molecule has 1 heterocycles. The molecule has 0 spiro atoms. The third-order valence-corrected chi connectivity index (χ3v) is 4.27. The SMILES string of the molecule is CC(C)=NNc1ccc(OCCc2ccccc2OCC(O)CNC(C)(C)CO)nn1. The predicted octanol–water partition coefficient (Wildman–Crippen LogP) is 2.01. The van der Waals surface area contributed by atoms with Crippen LogP contribution in [-0.2, 0) is 6.42 Å². The first kappa shape index (κ1) is 24.5. The summed E-state index contributed by atoms with van der Waals surface area (Å²) in [7, 11) is 0. The lowest BCUT2D eigenvalue weighted by Gasteiger charge is -2.25. The Kier molecular flexibility index (Phi) is 9.64. The minimum Gasteiger partial charge on any atom is -0.491 e. The van der Waals surface area contributed by atoms with Crippen molar-refractivity contribution >= 4 is 11.5 Å². The number of hydrogen-bond acceptors (Lipinski definition) is 9. The molecular formula is C22H33N5O4. The predicted molar refractivity (Wildman–Crippen MR) is 121 cm³/mol. The number of hydrazone groups is 1. The summed E-state index contributed by atoms with van der Waals surface area (Å²) in [6, 6.07) is 11.1. The van der Waals surface area contributed by atoms with Crippen LogP contribution in [0.2, 0.25) is 0 Å². The van der Waals surface area contributed by atoms with Crippen molar-refractivity contribution < 1.29 is 19.7 Å². The molecule has 2 rings (SSSR count). The molecule has 9 heteroatoms. The summed E-state index contributed by atoms with van der Waals surface area (Å²) in [4.78, 5) is 0. The number of ether oxygens (including phenoxy) is 2. The average molecular weight is 432 g/mol. The molecule has 1 atom stereocenters. The molecule has 0 amide bonds. The second kappa shape index (κ2) is 12.2. The molecule has 0 saturated heterocycles. The molecular weight excluding hydrogens is 398 g/mol. The van der Waals surface area contributed by atoms with Crippen LogP contribution in [0.3, 0.4) is 0 Å². The number of aliphatic hydroxyl groups is 2. The molecule has 9 nitrogen and oxygen atoms in total. The number of para-hydroxylation sites is 1.